The van der Waals surface area contributed by atoms with Gasteiger partial charge in [-0.2, -0.15) is 0 Å². The highest BCUT2D eigenvalue weighted by atomic mass is 32.1. The molecule has 0 radical (unpaired) electrons. The molecule has 0 unspecified atom stereocenters. The van der Waals surface area contributed by atoms with Gasteiger partial charge in [0.25, 0.3) is 0 Å². The zero-order valence-corrected chi connectivity index (χ0v) is 15.5. The minimum Gasteiger partial charge on any atom is -0.366 e. The molecule has 0 aliphatic heterocycles. The van der Waals surface area contributed by atoms with Gasteiger partial charge in [0.15, 0.2) is 5.96 Å². The zero-order valence-electron chi connectivity index (χ0n) is 14.7. The number of thiazole rings is 1. The van der Waals surface area contributed by atoms with E-state index in [9.17, 15) is 4.79 Å². The van der Waals surface area contributed by atoms with Crippen LogP contribution in [0.5, 0.6) is 0 Å². The summed E-state index contributed by atoms with van der Waals surface area (Å²) in [7, 11) is 0. The predicted octanol–water partition coefficient (Wildman–Crippen LogP) is 2.10. The number of carbonyl (C=O) groups excluding carboxylic acids is 1. The average Bonchev–Trinajstić information content (AvgIpc) is 3.08. The molecule has 0 aliphatic rings. The third-order valence-corrected chi connectivity index (χ3v) is 4.76. The van der Waals surface area contributed by atoms with Crippen LogP contribution in [0.4, 0.5) is 0 Å². The quantitative estimate of drug-likeness (QED) is 0.497. The summed E-state index contributed by atoms with van der Waals surface area (Å²) in [5.74, 6) is 0.324. The van der Waals surface area contributed by atoms with Gasteiger partial charge >= 0.3 is 0 Å². The molecule has 0 aliphatic carbocycles. The Morgan fingerprint density at radius 2 is 2.16 bits per heavy atom. The first-order valence-corrected chi connectivity index (χ1v) is 9.28. The molecule has 4 N–H and O–H groups in total. The number of rotatable bonds is 8. The third kappa shape index (κ3) is 6.19. The SMILES string of the molecule is CCNC(=NCc1cccc(C(N)=O)c1)NCCc1ncc(CC)s1. The van der Waals surface area contributed by atoms with E-state index in [0.29, 0.717) is 12.1 Å². The Labute approximate surface area is 152 Å². The normalized spacial score (nSPS) is 11.4. The van der Waals surface area contributed by atoms with Gasteiger partial charge in [0.05, 0.1) is 11.6 Å². The first-order chi connectivity index (χ1) is 12.1. The molecule has 134 valence electrons. The molecule has 25 heavy (non-hydrogen) atoms. The maximum absolute atomic E-state index is 11.3. The Morgan fingerprint density at radius 3 is 2.84 bits per heavy atom. The van der Waals surface area contributed by atoms with E-state index in [0.717, 1.165) is 42.5 Å². The molecule has 7 heteroatoms. The van der Waals surface area contributed by atoms with Gasteiger partial charge in [-0.3, -0.25) is 4.79 Å². The first kappa shape index (κ1) is 18.9. The molecule has 1 aromatic carbocycles. The lowest BCUT2D eigenvalue weighted by Gasteiger charge is -2.10. The summed E-state index contributed by atoms with van der Waals surface area (Å²) in [6.07, 6.45) is 3.84. The van der Waals surface area contributed by atoms with Crippen molar-refractivity contribution in [2.24, 2.45) is 10.7 Å². The van der Waals surface area contributed by atoms with Crippen LogP contribution in [0.3, 0.4) is 0 Å². The highest BCUT2D eigenvalue weighted by molar-refractivity contribution is 7.11. The number of guanidine groups is 1. The molecule has 0 bridgehead atoms. The molecule has 0 fully saturated rings. The number of hydrogen-bond acceptors (Lipinski definition) is 4. The largest absolute Gasteiger partial charge is 0.366 e. The standard InChI is InChI=1S/C18H25N5OS/c1-3-15-12-22-16(25-15)8-9-21-18(20-4-2)23-11-13-6-5-7-14(10-13)17(19)24/h5-7,10,12H,3-4,8-9,11H2,1-2H3,(H2,19,24)(H2,20,21,23). The second-order valence-electron chi connectivity index (χ2n) is 5.51. The van der Waals surface area contributed by atoms with Crippen LogP contribution in [0.1, 0.15) is 39.7 Å². The van der Waals surface area contributed by atoms with Gasteiger partial charge in [-0.25, -0.2) is 9.98 Å². The number of aromatic nitrogens is 1. The minimum atomic E-state index is -0.425. The summed E-state index contributed by atoms with van der Waals surface area (Å²) in [5.41, 5.74) is 6.76. The number of aliphatic imine (C=N–C) groups is 1. The number of carbonyl (C=O) groups is 1. The van der Waals surface area contributed by atoms with Crippen molar-refractivity contribution in [2.45, 2.75) is 33.2 Å². The van der Waals surface area contributed by atoms with Crippen molar-refractivity contribution in [3.63, 3.8) is 0 Å². The van der Waals surface area contributed by atoms with Crippen LogP contribution in [0, 0.1) is 0 Å². The van der Waals surface area contributed by atoms with E-state index in [1.165, 1.54) is 4.88 Å². The minimum absolute atomic E-state index is 0.425. The number of nitrogens with two attached hydrogens (primary N) is 1. The molecule has 2 aromatic rings. The lowest BCUT2D eigenvalue weighted by atomic mass is 10.1. The number of primary amides is 1. The van der Waals surface area contributed by atoms with E-state index < -0.39 is 5.91 Å². The molecule has 0 saturated carbocycles. The third-order valence-electron chi connectivity index (χ3n) is 3.56. The Kier molecular flexibility index (Phi) is 7.40. The highest BCUT2D eigenvalue weighted by Gasteiger charge is 2.03. The van der Waals surface area contributed by atoms with Crippen LogP contribution in [-0.4, -0.2) is 29.9 Å². The molecule has 0 spiro atoms. The maximum Gasteiger partial charge on any atom is 0.248 e. The van der Waals surface area contributed by atoms with Crippen molar-refractivity contribution in [3.8, 4) is 0 Å². The van der Waals surface area contributed by atoms with Crippen LogP contribution in [0.25, 0.3) is 0 Å². The fourth-order valence-corrected chi connectivity index (χ4v) is 3.11. The topological polar surface area (TPSA) is 92.4 Å². The summed E-state index contributed by atoms with van der Waals surface area (Å²) in [5, 5.41) is 7.67. The summed E-state index contributed by atoms with van der Waals surface area (Å²) >= 11 is 1.76. The van der Waals surface area contributed by atoms with E-state index in [4.69, 9.17) is 5.73 Å². The van der Waals surface area contributed by atoms with Crippen LogP contribution in [0.2, 0.25) is 0 Å². The molecule has 1 heterocycles. The van der Waals surface area contributed by atoms with Crippen molar-refractivity contribution in [1.29, 1.82) is 0 Å². The van der Waals surface area contributed by atoms with Crippen molar-refractivity contribution in [2.75, 3.05) is 13.1 Å². The van der Waals surface area contributed by atoms with Crippen LogP contribution >= 0.6 is 11.3 Å². The Bertz CT molecular complexity index is 726. The lowest BCUT2D eigenvalue weighted by Crippen LogP contribution is -2.38. The number of nitrogens with zero attached hydrogens (tertiary/aromatic N) is 2. The summed E-state index contributed by atoms with van der Waals surface area (Å²) in [6, 6.07) is 7.23. The fraction of sp³-hybridized carbons (Fsp3) is 0.389. The van der Waals surface area contributed by atoms with Gasteiger partial charge in [0.2, 0.25) is 5.91 Å². The van der Waals surface area contributed by atoms with Crippen LogP contribution in [-0.2, 0) is 19.4 Å². The van der Waals surface area contributed by atoms with Gasteiger partial charge in [-0.1, -0.05) is 19.1 Å². The van der Waals surface area contributed by atoms with Crippen molar-refractivity contribution in [1.82, 2.24) is 15.6 Å². The van der Waals surface area contributed by atoms with Crippen molar-refractivity contribution < 1.29 is 4.79 Å². The number of aryl methyl sites for hydroxylation is 1. The second-order valence-corrected chi connectivity index (χ2v) is 6.71. The zero-order chi connectivity index (χ0) is 18.1. The number of nitrogens with one attached hydrogen (secondary N) is 2. The van der Waals surface area contributed by atoms with E-state index in [1.54, 1.807) is 23.5 Å². The monoisotopic (exact) mass is 359 g/mol. The van der Waals surface area contributed by atoms with Crippen molar-refractivity contribution in [3.05, 3.63) is 51.5 Å². The van der Waals surface area contributed by atoms with E-state index in [1.807, 2.05) is 25.3 Å². The number of hydrogen-bond donors (Lipinski definition) is 3. The number of amides is 1. The van der Waals surface area contributed by atoms with E-state index >= 15 is 0 Å². The molecule has 2 rings (SSSR count). The molecule has 1 aromatic heterocycles. The van der Waals surface area contributed by atoms with Gasteiger partial charge in [-0.15, -0.1) is 11.3 Å². The maximum atomic E-state index is 11.3. The van der Waals surface area contributed by atoms with Gasteiger partial charge < -0.3 is 16.4 Å². The van der Waals surface area contributed by atoms with Crippen LogP contribution < -0.4 is 16.4 Å². The molecule has 1 amide bonds. The van der Waals surface area contributed by atoms with Gasteiger partial charge in [0.1, 0.15) is 0 Å². The molecule has 0 atom stereocenters. The van der Waals surface area contributed by atoms with E-state index in [-0.39, 0.29) is 0 Å². The predicted molar refractivity (Wildman–Crippen MR) is 103 cm³/mol. The second kappa shape index (κ2) is 9.78. The Balaban J connectivity index is 1.91. The smallest absolute Gasteiger partial charge is 0.248 e. The van der Waals surface area contributed by atoms with Gasteiger partial charge in [-0.05, 0) is 31.0 Å². The van der Waals surface area contributed by atoms with Crippen LogP contribution in [0.15, 0.2) is 35.5 Å². The molecule has 6 nitrogen and oxygen atoms in total. The van der Waals surface area contributed by atoms with Crippen molar-refractivity contribution >= 4 is 23.2 Å². The highest BCUT2D eigenvalue weighted by Crippen LogP contribution is 2.13. The molecular weight excluding hydrogens is 334 g/mol. The van der Waals surface area contributed by atoms with Gasteiger partial charge in [0, 0.05) is 36.1 Å². The Hall–Kier alpha value is -2.41. The molecule has 0 saturated heterocycles. The fourth-order valence-electron chi connectivity index (χ4n) is 2.25. The Morgan fingerprint density at radius 1 is 1.32 bits per heavy atom. The van der Waals surface area contributed by atoms with E-state index in [2.05, 4.69) is 27.5 Å². The summed E-state index contributed by atoms with van der Waals surface area (Å²) in [4.78, 5) is 21.5. The summed E-state index contributed by atoms with van der Waals surface area (Å²) in [6.45, 7) is 6.19. The first-order valence-electron chi connectivity index (χ1n) is 8.46. The summed E-state index contributed by atoms with van der Waals surface area (Å²) < 4.78 is 0. The average molecular weight is 359 g/mol. The number of benzene rings is 1. The lowest BCUT2D eigenvalue weighted by molar-refractivity contribution is 0.1000. The molecular formula is C18H25N5OS.